The number of amides is 1. The van der Waals surface area contributed by atoms with Crippen molar-refractivity contribution in [2.45, 2.75) is 24.3 Å². The van der Waals surface area contributed by atoms with Crippen LogP contribution in [0, 0.1) is 5.82 Å². The summed E-state index contributed by atoms with van der Waals surface area (Å²) in [4.78, 5) is 11.4. The maximum atomic E-state index is 12.9. The van der Waals surface area contributed by atoms with Crippen LogP contribution in [0.4, 0.5) is 4.39 Å². The number of rotatable bonds is 3. The summed E-state index contributed by atoms with van der Waals surface area (Å²) in [7, 11) is -3.51. The summed E-state index contributed by atoms with van der Waals surface area (Å²) in [5.41, 5.74) is 0.535. The first-order chi connectivity index (χ1) is 10.4. The molecule has 1 aromatic rings. The van der Waals surface area contributed by atoms with Crippen LogP contribution in [0.1, 0.15) is 12.0 Å². The third-order valence-electron chi connectivity index (χ3n) is 3.94. The molecule has 0 bridgehead atoms. The molecule has 0 unspecified atom stereocenters. The van der Waals surface area contributed by atoms with Crippen molar-refractivity contribution in [1.29, 1.82) is 0 Å². The average Bonchev–Trinajstić information content (AvgIpc) is 2.48. The number of hydrogen-bond donors (Lipinski definition) is 1. The summed E-state index contributed by atoms with van der Waals surface area (Å²) >= 11 is 0. The zero-order valence-electron chi connectivity index (χ0n) is 11.9. The van der Waals surface area contributed by atoms with Crippen molar-refractivity contribution in [1.82, 2.24) is 9.62 Å². The molecule has 120 valence electrons. The molecule has 2 saturated heterocycles. The Balaban J connectivity index is 1.69. The fourth-order valence-corrected chi connectivity index (χ4v) is 4.37. The van der Waals surface area contributed by atoms with Crippen LogP contribution < -0.4 is 5.32 Å². The summed E-state index contributed by atoms with van der Waals surface area (Å²) in [6.07, 6.45) is 0.420. The van der Waals surface area contributed by atoms with Crippen LogP contribution in [0.3, 0.4) is 0 Å². The van der Waals surface area contributed by atoms with Crippen LogP contribution in [0.5, 0.6) is 0 Å². The van der Waals surface area contributed by atoms with Gasteiger partial charge < -0.3 is 10.1 Å². The number of piperidine rings is 1. The summed E-state index contributed by atoms with van der Waals surface area (Å²) in [5, 5.41) is 2.77. The minimum Gasteiger partial charge on any atom is -0.366 e. The number of morpholine rings is 1. The smallest absolute Gasteiger partial charge is 0.246 e. The molecule has 3 rings (SSSR count). The van der Waals surface area contributed by atoms with Gasteiger partial charge in [0.2, 0.25) is 15.9 Å². The van der Waals surface area contributed by atoms with E-state index >= 15 is 0 Å². The second-order valence-electron chi connectivity index (χ2n) is 5.55. The molecule has 0 aliphatic carbocycles. The number of nitrogens with zero attached hydrogens (tertiary/aromatic N) is 1. The Morgan fingerprint density at radius 3 is 2.77 bits per heavy atom. The molecule has 2 aliphatic heterocycles. The first-order valence-electron chi connectivity index (χ1n) is 7.07. The van der Waals surface area contributed by atoms with Gasteiger partial charge in [-0.3, -0.25) is 4.79 Å². The minimum absolute atomic E-state index is 0.0312. The van der Waals surface area contributed by atoms with Crippen LogP contribution in [-0.4, -0.2) is 50.5 Å². The van der Waals surface area contributed by atoms with E-state index < -0.39 is 15.8 Å². The molecule has 2 atom stereocenters. The average molecular weight is 328 g/mol. The van der Waals surface area contributed by atoms with Crippen molar-refractivity contribution in [3.05, 3.63) is 35.6 Å². The lowest BCUT2D eigenvalue weighted by atomic mass is 10.0. The van der Waals surface area contributed by atoms with Gasteiger partial charge in [-0.1, -0.05) is 12.1 Å². The second kappa shape index (κ2) is 5.94. The zero-order chi connectivity index (χ0) is 15.7. The van der Waals surface area contributed by atoms with E-state index in [4.69, 9.17) is 4.74 Å². The molecule has 0 aromatic heterocycles. The highest BCUT2D eigenvalue weighted by atomic mass is 32.2. The highest BCUT2D eigenvalue weighted by molar-refractivity contribution is 7.88. The number of sulfonamides is 1. The molecule has 2 fully saturated rings. The molecule has 22 heavy (non-hydrogen) atoms. The molecule has 1 aromatic carbocycles. The summed E-state index contributed by atoms with van der Waals surface area (Å²) in [5.74, 6) is -0.803. The highest BCUT2D eigenvalue weighted by Crippen LogP contribution is 2.21. The Kier molecular flexibility index (Phi) is 4.16. The molecule has 0 spiro atoms. The number of benzene rings is 1. The molecule has 6 nitrogen and oxygen atoms in total. The molecular weight excluding hydrogens is 311 g/mol. The van der Waals surface area contributed by atoms with Crippen molar-refractivity contribution >= 4 is 15.9 Å². The normalized spacial score (nSPS) is 26.3. The van der Waals surface area contributed by atoms with Gasteiger partial charge in [-0.25, -0.2) is 12.8 Å². The van der Waals surface area contributed by atoms with Gasteiger partial charge in [0.1, 0.15) is 12.4 Å². The number of fused-ring (bicyclic) bond motifs is 1. The maximum Gasteiger partial charge on any atom is 0.246 e. The summed E-state index contributed by atoms with van der Waals surface area (Å²) in [6, 6.07) is 5.10. The predicted molar refractivity (Wildman–Crippen MR) is 76.9 cm³/mol. The number of halogens is 1. The van der Waals surface area contributed by atoms with Gasteiger partial charge in [0, 0.05) is 13.1 Å². The number of carbonyl (C=O) groups excluding carboxylic acids is 1. The standard InChI is InChI=1S/C14H17FN2O4S/c15-11-3-1-10(2-4-11)9-22(19,20)17-6-5-13-12(7-17)16-14(18)8-21-13/h1-4,12-13H,5-9H2,(H,16,18)/t12-,13+/m0/s1. The van der Waals surface area contributed by atoms with Crippen molar-refractivity contribution in [3.8, 4) is 0 Å². The summed E-state index contributed by atoms with van der Waals surface area (Å²) in [6.45, 7) is 0.601. The van der Waals surface area contributed by atoms with Crippen LogP contribution in [-0.2, 0) is 25.3 Å². The Bertz CT molecular complexity index is 662. The van der Waals surface area contributed by atoms with Gasteiger partial charge in [0.15, 0.2) is 0 Å². The molecule has 0 radical (unpaired) electrons. The number of nitrogens with one attached hydrogen (secondary N) is 1. The highest BCUT2D eigenvalue weighted by Gasteiger charge is 2.38. The second-order valence-corrected chi connectivity index (χ2v) is 7.52. The zero-order valence-corrected chi connectivity index (χ0v) is 12.7. The molecule has 2 aliphatic rings. The van der Waals surface area contributed by atoms with Gasteiger partial charge in [-0.05, 0) is 24.1 Å². The molecule has 0 saturated carbocycles. The Morgan fingerprint density at radius 2 is 2.05 bits per heavy atom. The van der Waals surface area contributed by atoms with Gasteiger partial charge >= 0.3 is 0 Å². The molecule has 2 heterocycles. The third kappa shape index (κ3) is 3.29. The number of hydrogen-bond acceptors (Lipinski definition) is 4. The lowest BCUT2D eigenvalue weighted by Crippen LogP contribution is -2.61. The van der Waals surface area contributed by atoms with Crippen LogP contribution in [0.2, 0.25) is 0 Å². The van der Waals surface area contributed by atoms with Crippen LogP contribution in [0.15, 0.2) is 24.3 Å². The van der Waals surface area contributed by atoms with E-state index in [0.717, 1.165) is 0 Å². The third-order valence-corrected chi connectivity index (χ3v) is 5.76. The van der Waals surface area contributed by atoms with Crippen molar-refractivity contribution in [3.63, 3.8) is 0 Å². The van der Waals surface area contributed by atoms with E-state index in [1.54, 1.807) is 0 Å². The Hall–Kier alpha value is -1.51. The monoisotopic (exact) mass is 328 g/mol. The van der Waals surface area contributed by atoms with Crippen molar-refractivity contribution < 1.29 is 22.3 Å². The van der Waals surface area contributed by atoms with Crippen molar-refractivity contribution in [2.75, 3.05) is 19.7 Å². The number of carbonyl (C=O) groups is 1. The Labute approximate surface area is 128 Å². The van der Waals surface area contributed by atoms with E-state index in [0.29, 0.717) is 18.5 Å². The molecular formula is C14H17FN2O4S. The van der Waals surface area contributed by atoms with Gasteiger partial charge in [0.05, 0.1) is 17.9 Å². The quantitative estimate of drug-likeness (QED) is 0.863. The first kappa shape index (κ1) is 15.4. The minimum atomic E-state index is -3.51. The fraction of sp³-hybridized carbons (Fsp3) is 0.500. The van der Waals surface area contributed by atoms with E-state index in [1.807, 2.05) is 0 Å². The van der Waals surface area contributed by atoms with Crippen LogP contribution >= 0.6 is 0 Å². The molecule has 1 N–H and O–H groups in total. The summed E-state index contributed by atoms with van der Waals surface area (Å²) < 4.78 is 44.6. The SMILES string of the molecule is O=C1CO[C@@H]2CCN(S(=O)(=O)Cc3ccc(F)cc3)C[C@@H]2N1. The Morgan fingerprint density at radius 1 is 1.32 bits per heavy atom. The van der Waals surface area contributed by atoms with E-state index in [9.17, 15) is 17.6 Å². The molecule has 1 amide bonds. The van der Waals surface area contributed by atoms with E-state index in [-0.39, 0.29) is 37.0 Å². The van der Waals surface area contributed by atoms with E-state index in [2.05, 4.69) is 5.32 Å². The first-order valence-corrected chi connectivity index (χ1v) is 8.68. The lowest BCUT2D eigenvalue weighted by molar-refractivity contribution is -0.139. The van der Waals surface area contributed by atoms with Gasteiger partial charge in [-0.15, -0.1) is 0 Å². The van der Waals surface area contributed by atoms with E-state index in [1.165, 1.54) is 28.6 Å². The largest absolute Gasteiger partial charge is 0.366 e. The number of ether oxygens (including phenoxy) is 1. The fourth-order valence-electron chi connectivity index (χ4n) is 2.81. The van der Waals surface area contributed by atoms with Crippen molar-refractivity contribution in [2.24, 2.45) is 0 Å². The topological polar surface area (TPSA) is 75.7 Å². The maximum absolute atomic E-state index is 12.9. The molecule has 8 heteroatoms. The lowest BCUT2D eigenvalue weighted by Gasteiger charge is -2.40. The van der Waals surface area contributed by atoms with Gasteiger partial charge in [0.25, 0.3) is 0 Å². The van der Waals surface area contributed by atoms with Crippen LogP contribution in [0.25, 0.3) is 0 Å². The predicted octanol–water partition coefficient (Wildman–Crippen LogP) is 0.245. The van der Waals surface area contributed by atoms with Gasteiger partial charge in [-0.2, -0.15) is 4.31 Å².